The molecule has 3 rings (SSSR count). The molecule has 0 saturated carbocycles. The van der Waals surface area contributed by atoms with Crippen molar-refractivity contribution in [2.45, 2.75) is 6.92 Å². The third-order valence-corrected chi connectivity index (χ3v) is 4.22. The quantitative estimate of drug-likeness (QED) is 0.320. The first-order valence-corrected chi connectivity index (χ1v) is 9.41. The van der Waals surface area contributed by atoms with Gasteiger partial charge in [-0.05, 0) is 85.3 Å². The molecule has 5 nitrogen and oxygen atoms in total. The number of rotatable bonds is 7. The summed E-state index contributed by atoms with van der Waals surface area (Å²) in [5.41, 5.74) is 3.40. The molecule has 0 spiro atoms. The van der Waals surface area contributed by atoms with Crippen LogP contribution in [-0.4, -0.2) is 32.9 Å². The highest BCUT2D eigenvalue weighted by atomic mass is 16.5. The van der Waals surface area contributed by atoms with Gasteiger partial charge in [-0.2, -0.15) is 0 Å². The molecule has 0 bridgehead atoms. The lowest BCUT2D eigenvalue weighted by Crippen LogP contribution is -2.08. The summed E-state index contributed by atoms with van der Waals surface area (Å²) in [5, 5.41) is 0. The fraction of sp³-hybridized carbons (Fsp3) is 0.167. The molecule has 0 atom stereocenters. The molecule has 148 valence electrons. The van der Waals surface area contributed by atoms with Crippen molar-refractivity contribution in [2.75, 3.05) is 25.6 Å². The predicted octanol–water partition coefficient (Wildman–Crippen LogP) is 5.12. The van der Waals surface area contributed by atoms with Gasteiger partial charge < -0.3 is 14.4 Å². The van der Waals surface area contributed by atoms with Crippen LogP contribution in [0, 0.1) is 0 Å². The summed E-state index contributed by atoms with van der Waals surface area (Å²) >= 11 is 0. The molecule has 0 aromatic heterocycles. The van der Waals surface area contributed by atoms with E-state index in [-0.39, 0.29) is 0 Å². The Morgan fingerprint density at radius 3 is 2.10 bits per heavy atom. The zero-order valence-corrected chi connectivity index (χ0v) is 16.8. The van der Waals surface area contributed by atoms with E-state index >= 15 is 0 Å². The van der Waals surface area contributed by atoms with E-state index in [0.717, 1.165) is 22.7 Å². The number of carbonyl (C=O) groups excluding carboxylic acids is 1. The molecular formula is C24H24N2O3. The first-order chi connectivity index (χ1) is 14.0. The number of benzene rings is 3. The fourth-order valence-electron chi connectivity index (χ4n) is 2.63. The maximum Gasteiger partial charge on any atom is 0.343 e. The molecule has 0 unspecified atom stereocenters. The highest BCUT2D eigenvalue weighted by Crippen LogP contribution is 2.19. The largest absolute Gasteiger partial charge is 0.494 e. The zero-order valence-electron chi connectivity index (χ0n) is 16.8. The standard InChI is InChI=1S/C24H24N2O3/c1-4-28-22-15-7-19(8-16-22)24(27)29-23-13-5-18(6-14-23)17-25-20-9-11-21(12-10-20)26(2)3/h5-17H,4H2,1-3H3. The van der Waals surface area contributed by atoms with Crippen molar-refractivity contribution in [2.24, 2.45) is 4.99 Å². The van der Waals surface area contributed by atoms with E-state index < -0.39 is 5.97 Å². The molecule has 0 fully saturated rings. The number of hydrogen-bond acceptors (Lipinski definition) is 5. The molecule has 3 aromatic carbocycles. The van der Waals surface area contributed by atoms with E-state index in [2.05, 4.69) is 4.99 Å². The van der Waals surface area contributed by atoms with Gasteiger partial charge in [0, 0.05) is 26.0 Å². The van der Waals surface area contributed by atoms with Gasteiger partial charge in [0.25, 0.3) is 0 Å². The van der Waals surface area contributed by atoms with Gasteiger partial charge in [0.05, 0.1) is 17.9 Å². The minimum absolute atomic E-state index is 0.407. The van der Waals surface area contributed by atoms with Gasteiger partial charge in [0.15, 0.2) is 0 Å². The first kappa shape index (κ1) is 20.1. The molecule has 3 aromatic rings. The normalized spacial score (nSPS) is 10.7. The summed E-state index contributed by atoms with van der Waals surface area (Å²) in [7, 11) is 4.01. The molecule has 0 amide bonds. The van der Waals surface area contributed by atoms with Crippen LogP contribution in [0.2, 0.25) is 0 Å². The Morgan fingerprint density at radius 1 is 0.897 bits per heavy atom. The topological polar surface area (TPSA) is 51.1 Å². The minimum atomic E-state index is -0.407. The summed E-state index contributed by atoms with van der Waals surface area (Å²) in [6, 6.07) is 22.1. The average molecular weight is 388 g/mol. The number of hydrogen-bond donors (Lipinski definition) is 0. The van der Waals surface area contributed by atoms with Crippen molar-refractivity contribution in [1.82, 2.24) is 0 Å². The van der Waals surface area contributed by atoms with Gasteiger partial charge in [-0.3, -0.25) is 4.99 Å². The molecule has 0 aliphatic carbocycles. The predicted molar refractivity (Wildman–Crippen MR) is 117 cm³/mol. The van der Waals surface area contributed by atoms with Gasteiger partial charge in [-0.15, -0.1) is 0 Å². The molecule has 29 heavy (non-hydrogen) atoms. The summed E-state index contributed by atoms with van der Waals surface area (Å²) < 4.78 is 10.8. The fourth-order valence-corrected chi connectivity index (χ4v) is 2.63. The van der Waals surface area contributed by atoms with Crippen LogP contribution in [0.3, 0.4) is 0 Å². The van der Waals surface area contributed by atoms with Crippen LogP contribution in [0.4, 0.5) is 11.4 Å². The number of esters is 1. The Bertz CT molecular complexity index is 961. The third-order valence-electron chi connectivity index (χ3n) is 4.22. The Morgan fingerprint density at radius 2 is 1.52 bits per heavy atom. The van der Waals surface area contributed by atoms with Gasteiger partial charge >= 0.3 is 5.97 Å². The second-order valence-corrected chi connectivity index (χ2v) is 6.58. The smallest absolute Gasteiger partial charge is 0.343 e. The first-order valence-electron chi connectivity index (χ1n) is 9.41. The Balaban J connectivity index is 1.60. The second-order valence-electron chi connectivity index (χ2n) is 6.58. The number of ether oxygens (including phenoxy) is 2. The van der Waals surface area contributed by atoms with Crippen LogP contribution >= 0.6 is 0 Å². The van der Waals surface area contributed by atoms with Gasteiger partial charge in [0.2, 0.25) is 0 Å². The van der Waals surface area contributed by atoms with Gasteiger partial charge in [-0.25, -0.2) is 4.79 Å². The second kappa shape index (κ2) is 9.55. The van der Waals surface area contributed by atoms with E-state index in [1.807, 2.05) is 62.3 Å². The van der Waals surface area contributed by atoms with E-state index in [9.17, 15) is 4.79 Å². The highest BCUT2D eigenvalue weighted by molar-refractivity contribution is 5.91. The van der Waals surface area contributed by atoms with Crippen LogP contribution in [-0.2, 0) is 0 Å². The Labute approximate surface area is 171 Å². The van der Waals surface area contributed by atoms with Gasteiger partial charge in [0.1, 0.15) is 11.5 Å². The van der Waals surface area contributed by atoms with Crippen LogP contribution in [0.1, 0.15) is 22.8 Å². The van der Waals surface area contributed by atoms with Crippen molar-refractivity contribution < 1.29 is 14.3 Å². The monoisotopic (exact) mass is 388 g/mol. The third kappa shape index (κ3) is 5.69. The van der Waals surface area contributed by atoms with Crippen molar-refractivity contribution in [3.05, 3.63) is 83.9 Å². The molecule has 0 aliphatic rings. The van der Waals surface area contributed by atoms with Crippen molar-refractivity contribution in [3.8, 4) is 11.5 Å². The van der Waals surface area contributed by atoms with Crippen LogP contribution in [0.15, 0.2) is 77.8 Å². The number of anilines is 1. The highest BCUT2D eigenvalue weighted by Gasteiger charge is 2.08. The SMILES string of the molecule is CCOc1ccc(C(=O)Oc2ccc(C=Nc3ccc(N(C)C)cc3)cc2)cc1. The lowest BCUT2D eigenvalue weighted by Gasteiger charge is -2.11. The molecule has 0 heterocycles. The van der Waals surface area contributed by atoms with E-state index in [4.69, 9.17) is 9.47 Å². The van der Waals surface area contributed by atoms with E-state index in [1.165, 1.54) is 0 Å². The van der Waals surface area contributed by atoms with E-state index in [0.29, 0.717) is 17.9 Å². The summed E-state index contributed by atoms with van der Waals surface area (Å²) in [6.07, 6.45) is 1.78. The van der Waals surface area contributed by atoms with Crippen molar-refractivity contribution >= 4 is 23.6 Å². The Hall–Kier alpha value is -3.60. The van der Waals surface area contributed by atoms with E-state index in [1.54, 1.807) is 42.6 Å². The number of nitrogens with zero attached hydrogens (tertiary/aromatic N) is 2. The average Bonchev–Trinajstić information content (AvgIpc) is 2.74. The maximum absolute atomic E-state index is 12.3. The lowest BCUT2D eigenvalue weighted by atomic mass is 10.2. The zero-order chi connectivity index (χ0) is 20.6. The molecule has 0 N–H and O–H groups in total. The molecule has 0 radical (unpaired) electrons. The van der Waals surface area contributed by atoms with Gasteiger partial charge in [-0.1, -0.05) is 0 Å². The molecule has 5 heteroatoms. The lowest BCUT2D eigenvalue weighted by molar-refractivity contribution is 0.0734. The molecular weight excluding hydrogens is 364 g/mol. The van der Waals surface area contributed by atoms with Crippen LogP contribution in [0.5, 0.6) is 11.5 Å². The number of aliphatic imine (C=N–C) groups is 1. The van der Waals surface area contributed by atoms with Crippen LogP contribution < -0.4 is 14.4 Å². The van der Waals surface area contributed by atoms with Crippen molar-refractivity contribution in [3.63, 3.8) is 0 Å². The van der Waals surface area contributed by atoms with Crippen molar-refractivity contribution in [1.29, 1.82) is 0 Å². The number of carbonyl (C=O) groups is 1. The molecule has 0 saturated heterocycles. The summed E-state index contributed by atoms with van der Waals surface area (Å²) in [4.78, 5) is 18.8. The Kier molecular flexibility index (Phi) is 6.63. The maximum atomic E-state index is 12.3. The summed E-state index contributed by atoms with van der Waals surface area (Å²) in [6.45, 7) is 2.50. The molecule has 0 aliphatic heterocycles. The minimum Gasteiger partial charge on any atom is -0.494 e. The van der Waals surface area contributed by atoms with Crippen LogP contribution in [0.25, 0.3) is 0 Å². The summed E-state index contributed by atoms with van der Waals surface area (Å²) in [5.74, 6) is 0.802.